The van der Waals surface area contributed by atoms with Gasteiger partial charge in [0.2, 0.25) is 5.75 Å². The average Bonchev–Trinajstić information content (AvgIpc) is 2.67. The highest BCUT2D eigenvalue weighted by molar-refractivity contribution is 14.1. The number of hydrogen-bond donors (Lipinski definition) is 1. The fourth-order valence-electron chi connectivity index (χ4n) is 2.12. The number of carbonyl (C=O) groups is 2. The molecule has 0 aliphatic rings. The standard InChI is InChI=1S/C16H8F2I3NO9S/c17-16(18,32(27,28)29)6-30-14(23)8-2-1-3-11(13(8)22(25)26)31-15(24)9-4-7(19)5-10(20)12(9)21/h1-5H,6H2,(H,27,28,29). The molecule has 0 amide bonds. The summed E-state index contributed by atoms with van der Waals surface area (Å²) < 4.78 is 67.4. The van der Waals surface area contributed by atoms with E-state index in [1.54, 1.807) is 6.07 Å². The van der Waals surface area contributed by atoms with Crippen molar-refractivity contribution < 1.29 is 45.7 Å². The summed E-state index contributed by atoms with van der Waals surface area (Å²) in [5.74, 6) is -3.34. The minimum absolute atomic E-state index is 0.0944. The zero-order valence-corrected chi connectivity index (χ0v) is 22.3. The number of carbonyl (C=O) groups excluding carboxylic acids is 2. The highest BCUT2D eigenvalue weighted by atomic mass is 127. The van der Waals surface area contributed by atoms with Crippen LogP contribution in [0.25, 0.3) is 0 Å². The van der Waals surface area contributed by atoms with E-state index < -0.39 is 55.8 Å². The zero-order chi connectivity index (χ0) is 24.4. The number of esters is 2. The van der Waals surface area contributed by atoms with Gasteiger partial charge in [-0.1, -0.05) is 6.07 Å². The number of nitro benzene ring substituents is 1. The smallest absolute Gasteiger partial charge is 0.402 e. The van der Waals surface area contributed by atoms with Gasteiger partial charge in [0.1, 0.15) is 5.56 Å². The van der Waals surface area contributed by atoms with Crippen molar-refractivity contribution in [2.75, 3.05) is 6.61 Å². The van der Waals surface area contributed by atoms with E-state index in [1.165, 1.54) is 6.07 Å². The number of halogens is 5. The van der Waals surface area contributed by atoms with E-state index in [1.807, 2.05) is 67.8 Å². The molecule has 0 bridgehead atoms. The van der Waals surface area contributed by atoms with Crippen molar-refractivity contribution in [1.29, 1.82) is 0 Å². The van der Waals surface area contributed by atoms with Crippen LogP contribution in [0.15, 0.2) is 30.3 Å². The molecule has 0 saturated carbocycles. The Bertz CT molecular complexity index is 1220. The largest absolute Gasteiger partial charge is 0.454 e. The van der Waals surface area contributed by atoms with Gasteiger partial charge in [0.25, 0.3) is 0 Å². The van der Waals surface area contributed by atoms with Gasteiger partial charge in [0, 0.05) is 10.7 Å². The lowest BCUT2D eigenvalue weighted by Crippen LogP contribution is -2.34. The molecule has 0 spiro atoms. The number of nitrogens with zero attached hydrogens (tertiary/aromatic N) is 1. The molecule has 16 heteroatoms. The van der Waals surface area contributed by atoms with E-state index >= 15 is 0 Å². The molecule has 2 aromatic carbocycles. The molecule has 0 fully saturated rings. The van der Waals surface area contributed by atoms with Gasteiger partial charge in [-0.2, -0.15) is 17.2 Å². The molecule has 0 aromatic heterocycles. The van der Waals surface area contributed by atoms with Crippen LogP contribution in [-0.4, -0.2) is 41.7 Å². The third-order valence-electron chi connectivity index (χ3n) is 3.57. The minimum atomic E-state index is -5.89. The van der Waals surface area contributed by atoms with Gasteiger partial charge in [0.15, 0.2) is 6.61 Å². The summed E-state index contributed by atoms with van der Waals surface area (Å²) in [5, 5.41) is 6.69. The molecule has 32 heavy (non-hydrogen) atoms. The van der Waals surface area contributed by atoms with Gasteiger partial charge < -0.3 is 9.47 Å². The summed E-state index contributed by atoms with van der Waals surface area (Å²) in [6.07, 6.45) is 0. The molecule has 0 aliphatic heterocycles. The molecule has 0 heterocycles. The van der Waals surface area contributed by atoms with Gasteiger partial charge >= 0.3 is 33.0 Å². The Morgan fingerprint density at radius 2 is 1.75 bits per heavy atom. The normalized spacial score (nSPS) is 11.7. The summed E-state index contributed by atoms with van der Waals surface area (Å²) in [4.78, 5) is 35.1. The second kappa shape index (κ2) is 10.3. The Hall–Kier alpha value is -1.26. The van der Waals surface area contributed by atoms with Crippen LogP contribution in [0.2, 0.25) is 0 Å². The maximum absolute atomic E-state index is 13.3. The summed E-state index contributed by atoms with van der Waals surface area (Å²) in [6, 6.07) is 6.17. The highest BCUT2D eigenvalue weighted by Gasteiger charge is 2.46. The quantitative estimate of drug-likeness (QED) is 0.0824. The number of rotatable bonds is 7. The zero-order valence-electron chi connectivity index (χ0n) is 15.1. The second-order valence-electron chi connectivity index (χ2n) is 5.74. The average molecular weight is 809 g/mol. The van der Waals surface area contributed by atoms with Crippen LogP contribution in [0.4, 0.5) is 14.5 Å². The van der Waals surface area contributed by atoms with Gasteiger partial charge in [-0.15, -0.1) is 0 Å². The fourth-order valence-corrected chi connectivity index (χ4v) is 4.70. The second-order valence-corrected chi connectivity index (χ2v) is 10.8. The Morgan fingerprint density at radius 3 is 2.31 bits per heavy atom. The fraction of sp³-hybridized carbons (Fsp3) is 0.125. The lowest BCUT2D eigenvalue weighted by Gasteiger charge is -2.13. The topological polar surface area (TPSA) is 150 Å². The molecular formula is C16H8F2I3NO9S. The third-order valence-corrected chi connectivity index (χ3v) is 8.11. The maximum Gasteiger partial charge on any atom is 0.402 e. The van der Waals surface area contributed by atoms with Crippen molar-refractivity contribution in [3.8, 4) is 5.75 Å². The summed E-state index contributed by atoms with van der Waals surface area (Å²) >= 11 is 5.82. The number of hydrogen-bond acceptors (Lipinski definition) is 8. The SMILES string of the molecule is O=C(Oc1cccc(C(=O)OCC(F)(F)S(=O)(=O)O)c1[N+](=O)[O-])c1cc(I)cc(I)c1I. The number of para-hydroxylation sites is 1. The Kier molecular flexibility index (Phi) is 8.72. The first-order valence-corrected chi connectivity index (χ1v) is 12.5. The molecule has 1 N–H and O–H groups in total. The molecule has 0 saturated heterocycles. The van der Waals surface area contributed by atoms with Crippen LogP contribution in [0.5, 0.6) is 5.75 Å². The number of alkyl halides is 2. The number of ether oxygens (including phenoxy) is 2. The van der Waals surface area contributed by atoms with E-state index in [9.17, 15) is 36.9 Å². The molecular weight excluding hydrogens is 801 g/mol. The summed E-state index contributed by atoms with van der Waals surface area (Å²) in [6.45, 7) is -2.09. The molecule has 10 nitrogen and oxygen atoms in total. The van der Waals surface area contributed by atoms with E-state index in [4.69, 9.17) is 9.29 Å². The highest BCUT2D eigenvalue weighted by Crippen LogP contribution is 2.33. The molecule has 0 unspecified atom stereocenters. The van der Waals surface area contributed by atoms with Crippen LogP contribution in [0.1, 0.15) is 20.7 Å². The van der Waals surface area contributed by atoms with Crippen molar-refractivity contribution in [3.63, 3.8) is 0 Å². The van der Waals surface area contributed by atoms with Crippen LogP contribution >= 0.6 is 67.8 Å². The van der Waals surface area contributed by atoms with Gasteiger partial charge in [-0.3, -0.25) is 14.7 Å². The maximum atomic E-state index is 13.3. The first-order valence-electron chi connectivity index (χ1n) is 7.82. The van der Waals surface area contributed by atoms with Crippen molar-refractivity contribution >= 4 is 95.5 Å². The molecule has 172 valence electrons. The third kappa shape index (κ3) is 6.20. The van der Waals surface area contributed by atoms with Crippen LogP contribution in [0, 0.1) is 20.8 Å². The number of benzene rings is 2. The van der Waals surface area contributed by atoms with Crippen LogP contribution < -0.4 is 4.74 Å². The first kappa shape index (κ1) is 27.0. The van der Waals surface area contributed by atoms with Crippen molar-refractivity contribution in [3.05, 3.63) is 62.3 Å². The summed E-state index contributed by atoms with van der Waals surface area (Å²) in [7, 11) is -5.89. The lowest BCUT2D eigenvalue weighted by atomic mass is 10.1. The summed E-state index contributed by atoms with van der Waals surface area (Å²) in [5.41, 5.74) is -1.84. The van der Waals surface area contributed by atoms with E-state index in [0.29, 0.717) is 10.7 Å². The van der Waals surface area contributed by atoms with E-state index in [0.717, 1.165) is 18.2 Å². The van der Waals surface area contributed by atoms with Gasteiger partial charge in [0.05, 0.1) is 10.5 Å². The Labute approximate surface area is 219 Å². The van der Waals surface area contributed by atoms with Crippen molar-refractivity contribution in [2.24, 2.45) is 0 Å². The van der Waals surface area contributed by atoms with Gasteiger partial charge in [-0.05, 0) is 92.0 Å². The predicted octanol–water partition coefficient (Wildman–Crippen LogP) is 4.27. The molecule has 2 aromatic rings. The number of nitro groups is 1. The molecule has 0 aliphatic carbocycles. The van der Waals surface area contributed by atoms with Crippen LogP contribution in [0.3, 0.4) is 0 Å². The van der Waals surface area contributed by atoms with Crippen molar-refractivity contribution in [1.82, 2.24) is 0 Å². The molecule has 0 radical (unpaired) electrons. The monoisotopic (exact) mass is 809 g/mol. The van der Waals surface area contributed by atoms with Gasteiger partial charge in [-0.25, -0.2) is 9.59 Å². The lowest BCUT2D eigenvalue weighted by molar-refractivity contribution is -0.386. The predicted molar refractivity (Wildman–Crippen MR) is 129 cm³/mol. The van der Waals surface area contributed by atoms with Crippen LogP contribution in [-0.2, 0) is 14.9 Å². The minimum Gasteiger partial charge on any atom is -0.454 e. The molecule has 0 atom stereocenters. The van der Waals surface area contributed by atoms with E-state index in [-0.39, 0.29) is 5.56 Å². The first-order chi connectivity index (χ1) is 14.7. The Balaban J connectivity index is 2.39. The van der Waals surface area contributed by atoms with Crippen molar-refractivity contribution in [2.45, 2.75) is 5.25 Å². The van der Waals surface area contributed by atoms with E-state index in [2.05, 4.69) is 4.74 Å². The molecule has 2 rings (SSSR count). The Morgan fingerprint density at radius 1 is 1.12 bits per heavy atom.